The smallest absolute Gasteiger partial charge is 0.406 e. The highest BCUT2D eigenvalue weighted by molar-refractivity contribution is 7.78. The third-order valence-corrected chi connectivity index (χ3v) is 4.54. The predicted octanol–water partition coefficient (Wildman–Crippen LogP) is 5.49. The van der Waals surface area contributed by atoms with E-state index in [2.05, 4.69) is 43.3 Å². The lowest BCUT2D eigenvalue weighted by Crippen LogP contribution is -2.17. The summed E-state index contributed by atoms with van der Waals surface area (Å²) in [4.78, 5) is 4.28. The van der Waals surface area contributed by atoms with E-state index in [1.165, 1.54) is 35.3 Å². The van der Waals surface area contributed by atoms with Crippen LogP contribution in [0, 0.1) is 6.92 Å². The number of halogens is 3. The summed E-state index contributed by atoms with van der Waals surface area (Å²) in [5, 5.41) is 8.65. The van der Waals surface area contributed by atoms with Gasteiger partial charge in [-0.2, -0.15) is 5.10 Å². The number of ether oxygens (including phenoxy) is 1. The predicted molar refractivity (Wildman–Crippen MR) is 134 cm³/mol. The summed E-state index contributed by atoms with van der Waals surface area (Å²) in [6.45, 7) is 2.00. The normalized spacial score (nSPS) is 11.0. The van der Waals surface area contributed by atoms with Crippen molar-refractivity contribution in [3.05, 3.63) is 90.3 Å². The van der Waals surface area contributed by atoms with Gasteiger partial charge in [0.2, 0.25) is 0 Å². The minimum absolute atomic E-state index is 0.296. The first-order valence-corrected chi connectivity index (χ1v) is 10.6. The molecule has 7 nitrogen and oxygen atoms in total. The van der Waals surface area contributed by atoms with Crippen LogP contribution in [0.15, 0.2) is 84.2 Å². The van der Waals surface area contributed by atoms with E-state index in [1.54, 1.807) is 6.21 Å². The SMILES string of the molecule is Cc1ccccc1N/N=C/c1ccc(-c2ncn(-c3ccc(OC(F)(F)F)cc3)n2)cc1.NC=S. The number of rotatable bonds is 6. The van der Waals surface area contributed by atoms with E-state index in [4.69, 9.17) is 0 Å². The van der Waals surface area contributed by atoms with E-state index < -0.39 is 6.36 Å². The van der Waals surface area contributed by atoms with Crippen molar-refractivity contribution in [2.75, 3.05) is 5.43 Å². The van der Waals surface area contributed by atoms with Crippen LogP contribution in [-0.2, 0) is 0 Å². The van der Waals surface area contributed by atoms with E-state index in [0.717, 1.165) is 27.9 Å². The molecule has 180 valence electrons. The summed E-state index contributed by atoms with van der Waals surface area (Å²) in [5.41, 5.74) is 12.9. The Balaban J connectivity index is 0.00000108. The molecule has 4 aromatic rings. The monoisotopic (exact) mass is 498 g/mol. The summed E-state index contributed by atoms with van der Waals surface area (Å²) < 4.78 is 42.2. The highest BCUT2D eigenvalue weighted by Gasteiger charge is 2.31. The van der Waals surface area contributed by atoms with Gasteiger partial charge >= 0.3 is 6.36 Å². The Morgan fingerprint density at radius 1 is 1.03 bits per heavy atom. The number of benzene rings is 3. The third-order valence-electron chi connectivity index (χ3n) is 4.54. The van der Waals surface area contributed by atoms with Gasteiger partial charge in [-0.05, 0) is 48.4 Å². The fourth-order valence-corrected chi connectivity index (χ4v) is 2.91. The molecule has 0 atom stereocenters. The number of thiocarbonyl (C=S) groups is 1. The van der Waals surface area contributed by atoms with Crippen LogP contribution in [0.2, 0.25) is 0 Å². The van der Waals surface area contributed by atoms with Crippen molar-refractivity contribution in [3.63, 3.8) is 0 Å². The number of para-hydroxylation sites is 1. The number of hydrogen-bond acceptors (Lipinski definition) is 6. The molecule has 1 aromatic heterocycles. The number of nitrogens with one attached hydrogen (secondary N) is 1. The molecule has 0 aliphatic heterocycles. The van der Waals surface area contributed by atoms with Gasteiger partial charge in [-0.3, -0.25) is 5.43 Å². The maximum atomic E-state index is 12.3. The van der Waals surface area contributed by atoms with Gasteiger partial charge in [0.05, 0.1) is 23.1 Å². The molecule has 0 aliphatic carbocycles. The lowest BCUT2D eigenvalue weighted by molar-refractivity contribution is -0.274. The minimum atomic E-state index is -4.73. The first-order chi connectivity index (χ1) is 16.8. The third kappa shape index (κ3) is 7.64. The summed E-state index contributed by atoms with van der Waals surface area (Å²) in [6.07, 6.45) is -1.52. The molecule has 0 aliphatic rings. The van der Waals surface area contributed by atoms with E-state index in [1.807, 2.05) is 55.5 Å². The molecule has 1 heterocycles. The molecule has 0 saturated heterocycles. The minimum Gasteiger partial charge on any atom is -0.406 e. The fourth-order valence-electron chi connectivity index (χ4n) is 2.91. The van der Waals surface area contributed by atoms with Crippen molar-refractivity contribution in [3.8, 4) is 22.8 Å². The van der Waals surface area contributed by atoms with Crippen molar-refractivity contribution < 1.29 is 17.9 Å². The number of nitrogens with zero attached hydrogens (tertiary/aromatic N) is 4. The van der Waals surface area contributed by atoms with Crippen LogP contribution in [0.3, 0.4) is 0 Å². The number of nitrogens with two attached hydrogens (primary N) is 1. The number of hydrazone groups is 1. The zero-order valence-electron chi connectivity index (χ0n) is 18.5. The second-order valence-corrected chi connectivity index (χ2v) is 7.27. The van der Waals surface area contributed by atoms with Crippen LogP contribution >= 0.6 is 12.2 Å². The molecule has 0 fully saturated rings. The van der Waals surface area contributed by atoms with Crippen molar-refractivity contribution in [2.24, 2.45) is 10.8 Å². The Bertz CT molecular complexity index is 1270. The highest BCUT2D eigenvalue weighted by atomic mass is 32.1. The molecule has 4 rings (SSSR count). The van der Waals surface area contributed by atoms with Gasteiger partial charge in [0.1, 0.15) is 12.1 Å². The molecular weight excluding hydrogens is 477 g/mol. The van der Waals surface area contributed by atoms with Crippen molar-refractivity contribution in [1.29, 1.82) is 0 Å². The highest BCUT2D eigenvalue weighted by Crippen LogP contribution is 2.24. The van der Waals surface area contributed by atoms with Crippen molar-refractivity contribution >= 4 is 29.6 Å². The van der Waals surface area contributed by atoms with Gasteiger partial charge < -0.3 is 10.5 Å². The Hall–Kier alpha value is -4.25. The average Bonchev–Trinajstić information content (AvgIpc) is 3.31. The van der Waals surface area contributed by atoms with Gasteiger partial charge in [0.25, 0.3) is 0 Å². The van der Waals surface area contributed by atoms with Gasteiger partial charge in [0, 0.05) is 5.56 Å². The molecule has 3 N–H and O–H groups in total. The molecular formula is C24H21F3N6OS. The number of aromatic nitrogens is 3. The molecule has 0 saturated carbocycles. The molecule has 11 heteroatoms. The number of anilines is 1. The average molecular weight is 499 g/mol. The standard InChI is InChI=1S/C23H18F3N5O.CH3NS/c1-16-4-2-3-5-21(16)29-28-14-17-6-8-18(9-7-17)22-27-15-31(30-22)19-10-12-20(13-11-19)32-23(24,25)26;2-1-3/h2-15,29H,1H3;1H,(H2,2,3)/b28-14+;. The van der Waals surface area contributed by atoms with Crippen LogP contribution in [0.5, 0.6) is 5.75 Å². The number of alkyl halides is 3. The molecule has 0 spiro atoms. The first kappa shape index (κ1) is 25.4. The fraction of sp³-hybridized carbons (Fsp3) is 0.0833. The Morgan fingerprint density at radius 3 is 2.31 bits per heavy atom. The van der Waals surface area contributed by atoms with Crippen molar-refractivity contribution in [1.82, 2.24) is 14.8 Å². The van der Waals surface area contributed by atoms with Crippen LogP contribution < -0.4 is 15.9 Å². The van der Waals surface area contributed by atoms with Gasteiger partial charge in [0.15, 0.2) is 5.82 Å². The molecule has 0 radical (unpaired) electrons. The summed E-state index contributed by atoms with van der Waals surface area (Å²) in [5.74, 6) is 0.192. The zero-order valence-corrected chi connectivity index (χ0v) is 19.3. The first-order valence-electron chi connectivity index (χ1n) is 10.2. The van der Waals surface area contributed by atoms with Gasteiger partial charge in [-0.25, -0.2) is 9.67 Å². The van der Waals surface area contributed by atoms with Crippen LogP contribution in [0.25, 0.3) is 17.1 Å². The second kappa shape index (κ2) is 11.7. The van der Waals surface area contributed by atoms with Crippen LogP contribution in [-0.4, -0.2) is 32.8 Å². The largest absolute Gasteiger partial charge is 0.573 e. The maximum Gasteiger partial charge on any atom is 0.573 e. The van der Waals surface area contributed by atoms with E-state index >= 15 is 0 Å². The summed E-state index contributed by atoms with van der Waals surface area (Å²) >= 11 is 4.05. The van der Waals surface area contributed by atoms with Crippen molar-refractivity contribution in [2.45, 2.75) is 13.3 Å². The molecule has 35 heavy (non-hydrogen) atoms. The van der Waals surface area contributed by atoms with E-state index in [9.17, 15) is 13.2 Å². The molecule has 0 unspecified atom stereocenters. The van der Waals surface area contributed by atoms with E-state index in [-0.39, 0.29) is 5.75 Å². The Kier molecular flexibility index (Phi) is 8.52. The zero-order chi connectivity index (χ0) is 25.3. The van der Waals surface area contributed by atoms with Crippen LogP contribution in [0.1, 0.15) is 11.1 Å². The number of aryl methyl sites for hydroxylation is 1. The topological polar surface area (TPSA) is 90.3 Å². The molecule has 0 bridgehead atoms. The van der Waals surface area contributed by atoms with Gasteiger partial charge in [-0.1, -0.05) is 54.7 Å². The summed E-state index contributed by atoms with van der Waals surface area (Å²) in [7, 11) is 0. The quantitative estimate of drug-likeness (QED) is 0.208. The lowest BCUT2D eigenvalue weighted by Gasteiger charge is -2.09. The Labute approximate surface area is 205 Å². The van der Waals surface area contributed by atoms with Crippen LogP contribution in [0.4, 0.5) is 18.9 Å². The lowest BCUT2D eigenvalue weighted by atomic mass is 10.1. The molecule has 0 amide bonds. The number of hydrogen-bond donors (Lipinski definition) is 2. The molecule has 3 aromatic carbocycles. The second-order valence-electron chi connectivity index (χ2n) is 7.00. The summed E-state index contributed by atoms with van der Waals surface area (Å²) in [6, 6.07) is 20.8. The Morgan fingerprint density at radius 2 is 1.69 bits per heavy atom. The van der Waals surface area contributed by atoms with E-state index in [0.29, 0.717) is 11.5 Å². The van der Waals surface area contributed by atoms with Gasteiger partial charge in [-0.15, -0.1) is 18.3 Å². The maximum absolute atomic E-state index is 12.3.